The maximum atomic E-state index is 10.4. The molecule has 0 aliphatic carbocycles. The number of aliphatic hydroxyl groups excluding tert-OH is 4. The predicted molar refractivity (Wildman–Crippen MR) is 107 cm³/mol. The average molecular weight is 479 g/mol. The molecule has 5 atom stereocenters. The molecule has 5 N–H and O–H groups in total. The summed E-state index contributed by atoms with van der Waals surface area (Å²) in [5, 5.41) is 49.1. The normalized spacial score (nSPS) is 26.8. The number of aryl methyl sites for hydroxylation is 1. The minimum atomic E-state index is -1.38. The SMILES string of the molecule is Cc1cc(O)c([C@@H]2S[C@H](CO)[C@@H](O)[C@H](O)[C@H]2O)cc1Cc1cc[c-]cc1.[CH3-].[Y]. The van der Waals surface area contributed by atoms with Gasteiger partial charge in [-0.1, -0.05) is 6.07 Å². The second-order valence-corrected chi connectivity index (χ2v) is 8.06. The monoisotopic (exact) mass is 479 g/mol. The zero-order valence-corrected chi connectivity index (χ0v) is 19.6. The molecule has 2 aromatic rings. The maximum Gasteiger partial charge on any atom is 0.120 e. The number of rotatable bonds is 4. The van der Waals surface area contributed by atoms with Gasteiger partial charge in [0.05, 0.1) is 29.3 Å². The van der Waals surface area contributed by atoms with Crippen LogP contribution in [0, 0.1) is 20.4 Å². The third-order valence-corrected chi connectivity index (χ3v) is 6.47. The fraction of sp³-hybridized carbons (Fsp3) is 0.381. The zero-order chi connectivity index (χ0) is 18.8. The smallest absolute Gasteiger partial charge is 0.120 e. The zero-order valence-electron chi connectivity index (χ0n) is 16.0. The van der Waals surface area contributed by atoms with Crippen molar-refractivity contribution in [3.8, 4) is 5.75 Å². The molecule has 1 fully saturated rings. The van der Waals surface area contributed by atoms with Gasteiger partial charge < -0.3 is 33.0 Å². The number of hydrogen-bond acceptors (Lipinski definition) is 6. The molecule has 1 saturated heterocycles. The number of phenolic OH excluding ortho intramolecular Hbond substituents is 1. The van der Waals surface area contributed by atoms with E-state index < -0.39 is 28.8 Å². The number of hydrogen-bond donors (Lipinski definition) is 5. The van der Waals surface area contributed by atoms with E-state index in [1.807, 2.05) is 37.3 Å². The van der Waals surface area contributed by atoms with Gasteiger partial charge in [0.25, 0.3) is 0 Å². The molecular weight excluding hydrogens is 453 g/mol. The molecule has 0 saturated carbocycles. The fourth-order valence-electron chi connectivity index (χ4n) is 3.29. The topological polar surface area (TPSA) is 101 Å². The van der Waals surface area contributed by atoms with Gasteiger partial charge in [-0.15, -0.1) is 11.8 Å². The first-order chi connectivity index (χ1) is 12.4. The molecule has 1 heterocycles. The van der Waals surface area contributed by atoms with E-state index in [9.17, 15) is 25.5 Å². The van der Waals surface area contributed by atoms with Crippen LogP contribution in [-0.4, -0.2) is 55.7 Å². The van der Waals surface area contributed by atoms with Crippen LogP contribution in [0.1, 0.15) is 27.5 Å². The summed E-state index contributed by atoms with van der Waals surface area (Å²) in [7, 11) is 0. The van der Waals surface area contributed by atoms with Gasteiger partial charge in [-0.2, -0.15) is 35.9 Å². The molecule has 151 valence electrons. The van der Waals surface area contributed by atoms with Gasteiger partial charge in [0.2, 0.25) is 0 Å². The molecule has 0 aromatic heterocycles. The predicted octanol–water partition coefficient (Wildman–Crippen LogP) is 1.77. The van der Waals surface area contributed by atoms with Crippen LogP contribution in [0.25, 0.3) is 0 Å². The third kappa shape index (κ3) is 5.36. The molecule has 1 radical (unpaired) electrons. The first kappa shape index (κ1) is 25.6. The third-order valence-electron chi connectivity index (χ3n) is 4.87. The van der Waals surface area contributed by atoms with Crippen LogP contribution in [0.3, 0.4) is 0 Å². The van der Waals surface area contributed by atoms with Crippen molar-refractivity contribution in [1.29, 1.82) is 0 Å². The summed E-state index contributed by atoms with van der Waals surface area (Å²) in [5.74, 6) is 0.0319. The molecule has 0 spiro atoms. The van der Waals surface area contributed by atoms with Gasteiger partial charge in [0.15, 0.2) is 0 Å². The number of aliphatic hydroxyl groups is 4. The Hall–Kier alpha value is -0.466. The minimum Gasteiger partial charge on any atom is -0.508 e. The summed E-state index contributed by atoms with van der Waals surface area (Å²) in [4.78, 5) is 0. The molecule has 1 aliphatic heterocycles. The summed E-state index contributed by atoms with van der Waals surface area (Å²) in [5.41, 5.74) is 3.52. The second kappa shape index (κ2) is 11.1. The van der Waals surface area contributed by atoms with Crippen molar-refractivity contribution >= 4 is 11.8 Å². The molecular formula is C21H26O5SY-2. The van der Waals surface area contributed by atoms with Gasteiger partial charge in [0, 0.05) is 38.3 Å². The van der Waals surface area contributed by atoms with Crippen molar-refractivity contribution in [2.75, 3.05) is 6.61 Å². The molecule has 1 aliphatic rings. The number of benzene rings is 2. The molecule has 5 nitrogen and oxygen atoms in total. The van der Waals surface area contributed by atoms with E-state index in [2.05, 4.69) is 6.07 Å². The quantitative estimate of drug-likeness (QED) is 0.429. The van der Waals surface area contributed by atoms with E-state index in [0.29, 0.717) is 12.0 Å². The van der Waals surface area contributed by atoms with Gasteiger partial charge in [-0.05, 0) is 30.5 Å². The van der Waals surface area contributed by atoms with Gasteiger partial charge >= 0.3 is 0 Å². The van der Waals surface area contributed by atoms with Crippen LogP contribution < -0.4 is 0 Å². The van der Waals surface area contributed by atoms with E-state index in [-0.39, 0.29) is 52.5 Å². The number of thioether (sulfide) groups is 1. The van der Waals surface area contributed by atoms with Crippen molar-refractivity contribution in [3.63, 3.8) is 0 Å². The largest absolute Gasteiger partial charge is 0.508 e. The Morgan fingerprint density at radius 1 is 1.04 bits per heavy atom. The summed E-state index contributed by atoms with van der Waals surface area (Å²) < 4.78 is 0. The summed E-state index contributed by atoms with van der Waals surface area (Å²) >= 11 is 1.16. The van der Waals surface area contributed by atoms with Gasteiger partial charge in [0.1, 0.15) is 11.9 Å². The number of aromatic hydroxyl groups is 1. The first-order valence-corrected chi connectivity index (χ1v) is 9.44. The van der Waals surface area contributed by atoms with Crippen molar-refractivity contribution < 1.29 is 58.2 Å². The molecule has 2 aromatic carbocycles. The standard InChI is InChI=1S/C20H23O5S.CH3.Y/c1-11-7-15(22)14(9-13(11)8-12-5-3-2-4-6-12)20-19(25)18(24)17(23)16(10-21)26-20;;/h3-7,9,16-25H,8,10H2,1H3;1H3;/q2*-1;/t16-,17-,18+,19-,20+;;/m1../s1. The Kier molecular flexibility index (Phi) is 10.1. The Morgan fingerprint density at radius 3 is 2.29 bits per heavy atom. The van der Waals surface area contributed by atoms with E-state index in [1.54, 1.807) is 6.07 Å². The molecule has 0 bridgehead atoms. The van der Waals surface area contributed by atoms with E-state index in [1.165, 1.54) is 0 Å². The summed E-state index contributed by atoms with van der Waals surface area (Å²) in [6, 6.07) is 14.1. The van der Waals surface area contributed by atoms with Crippen LogP contribution >= 0.6 is 11.8 Å². The molecule has 7 heteroatoms. The molecule has 0 amide bonds. The Balaban J connectivity index is 0.00000196. The number of phenols is 1. The van der Waals surface area contributed by atoms with E-state index >= 15 is 0 Å². The van der Waals surface area contributed by atoms with Crippen LogP contribution in [-0.2, 0) is 39.1 Å². The summed E-state index contributed by atoms with van der Waals surface area (Å²) in [6.45, 7) is 1.58. The van der Waals surface area contributed by atoms with Crippen LogP contribution in [0.2, 0.25) is 0 Å². The average Bonchev–Trinajstić information content (AvgIpc) is 2.64. The molecule has 28 heavy (non-hydrogen) atoms. The second-order valence-electron chi connectivity index (χ2n) is 6.67. The van der Waals surface area contributed by atoms with Gasteiger partial charge in [-0.3, -0.25) is 0 Å². The summed E-state index contributed by atoms with van der Waals surface area (Å²) in [6.07, 6.45) is -3.18. The molecule has 3 rings (SSSR count). The van der Waals surface area contributed by atoms with Crippen molar-refractivity contribution in [1.82, 2.24) is 0 Å². The Morgan fingerprint density at radius 2 is 1.68 bits per heavy atom. The van der Waals surface area contributed by atoms with Gasteiger partial charge in [-0.25, -0.2) is 0 Å². The van der Waals surface area contributed by atoms with E-state index in [4.69, 9.17) is 0 Å². The van der Waals surface area contributed by atoms with Crippen molar-refractivity contribution in [2.24, 2.45) is 0 Å². The van der Waals surface area contributed by atoms with Crippen molar-refractivity contribution in [3.05, 3.63) is 72.1 Å². The first-order valence-electron chi connectivity index (χ1n) is 8.50. The van der Waals surface area contributed by atoms with Crippen LogP contribution in [0.4, 0.5) is 0 Å². The minimum absolute atomic E-state index is 0. The molecule has 0 unspecified atom stereocenters. The Bertz CT molecular complexity index is 756. The fourth-order valence-corrected chi connectivity index (χ4v) is 4.73. The van der Waals surface area contributed by atoms with E-state index in [0.717, 1.165) is 28.5 Å². The van der Waals surface area contributed by atoms with Crippen LogP contribution in [0.15, 0.2) is 36.4 Å². The Labute approximate surface area is 195 Å². The maximum absolute atomic E-state index is 10.4. The van der Waals surface area contributed by atoms with Crippen LogP contribution in [0.5, 0.6) is 5.75 Å². The van der Waals surface area contributed by atoms with Crippen molar-refractivity contribution in [2.45, 2.75) is 42.2 Å².